The maximum absolute atomic E-state index is 6.29. The standard InChI is InChI=1S/C38H25NO.C22H13BrO.C16H13N/c1-2-10-30-25(8-1)9-7-14-31(30)26-16-20-28(21-17-26)39-29-22-18-27(19-23-29)35-24-36-33-12-5-6-15-37(33)40-38(36)34-13-4-3-11-32(34)35;23-15-11-9-14(10-12-15)19-13-20-17-6-3-4-8-21(17)24-22(20)18-7-2-1-5-16(18)19;17-14-10-8-13(9-11-14)16-7-3-5-12-4-1-2-6-15(12)16/h1-24,39H;1-13H;1-11H,17H2. The molecule has 5 heteroatoms. The van der Waals surface area contributed by atoms with E-state index >= 15 is 0 Å². The lowest BCUT2D eigenvalue weighted by molar-refractivity contribution is 0.672. The Morgan fingerprint density at radius 2 is 0.605 bits per heavy atom. The fraction of sp³-hybridized carbons (Fsp3) is 0. The molecule has 0 saturated carbocycles. The Bertz CT molecular complexity index is 4950. The molecule has 14 aromatic carbocycles. The second-order valence-corrected chi connectivity index (χ2v) is 21.3. The molecule has 0 saturated heterocycles. The summed E-state index contributed by atoms with van der Waals surface area (Å²) < 4.78 is 13.5. The summed E-state index contributed by atoms with van der Waals surface area (Å²) in [7, 11) is 0. The largest absolute Gasteiger partial charge is 0.455 e. The molecule has 0 aliphatic carbocycles. The summed E-state index contributed by atoms with van der Waals surface area (Å²) in [6.45, 7) is 0. The van der Waals surface area contributed by atoms with Crippen molar-refractivity contribution in [2.45, 2.75) is 0 Å². The summed E-state index contributed by atoms with van der Waals surface area (Å²) in [4.78, 5) is 0. The lowest BCUT2D eigenvalue weighted by atomic mass is 9.95. The first kappa shape index (κ1) is 49.1. The SMILES string of the molecule is Brc1ccc(-c2cc3c4ccccc4oc3c3ccccc23)cc1.Nc1ccc(-c2cccc3ccccc23)cc1.c1ccc2c(-c3ccc(Nc4ccc(-c5cc6c7ccccc7oc6c6ccccc56)cc4)cc3)cccc2c1. The molecule has 0 spiro atoms. The molecular weight excluding hydrogens is 1050 g/mol. The first-order chi connectivity index (χ1) is 40.0. The second kappa shape index (κ2) is 21.2. The normalized spacial score (nSPS) is 11.3. The van der Waals surface area contributed by atoms with E-state index in [9.17, 15) is 0 Å². The van der Waals surface area contributed by atoms with Crippen LogP contribution in [0.25, 0.3) is 131 Å². The van der Waals surface area contributed by atoms with Gasteiger partial charge in [0.25, 0.3) is 0 Å². The molecule has 0 amide bonds. The van der Waals surface area contributed by atoms with Gasteiger partial charge in [-0.05, 0) is 150 Å². The number of nitrogens with one attached hydrogen (secondary N) is 1. The number of hydrogen-bond donors (Lipinski definition) is 2. The highest BCUT2D eigenvalue weighted by atomic mass is 79.9. The van der Waals surface area contributed by atoms with Gasteiger partial charge in [0.1, 0.15) is 22.3 Å². The first-order valence-corrected chi connectivity index (χ1v) is 28.0. The number of hydrogen-bond acceptors (Lipinski definition) is 4. The molecule has 0 radical (unpaired) electrons. The monoisotopic (exact) mass is 1100 g/mol. The zero-order valence-corrected chi connectivity index (χ0v) is 45.6. The Morgan fingerprint density at radius 1 is 0.272 bits per heavy atom. The summed E-state index contributed by atoms with van der Waals surface area (Å²) in [5.41, 5.74) is 22.2. The molecule has 0 bridgehead atoms. The number of nitrogens with two attached hydrogens (primary N) is 1. The smallest absolute Gasteiger partial charge is 0.143 e. The number of furan rings is 2. The Hall–Kier alpha value is -10.2. The lowest BCUT2D eigenvalue weighted by Gasteiger charge is -2.12. The van der Waals surface area contributed by atoms with Crippen molar-refractivity contribution in [2.75, 3.05) is 11.1 Å². The number of nitrogen functional groups attached to an aromatic ring is 1. The quantitative estimate of drug-likeness (QED) is 0.163. The van der Waals surface area contributed by atoms with Crippen LogP contribution >= 0.6 is 15.9 Å². The molecule has 16 rings (SSSR count). The van der Waals surface area contributed by atoms with Crippen LogP contribution in [-0.2, 0) is 0 Å². The molecule has 4 nitrogen and oxygen atoms in total. The van der Waals surface area contributed by atoms with Crippen LogP contribution in [0, 0.1) is 0 Å². The van der Waals surface area contributed by atoms with E-state index in [1.54, 1.807) is 0 Å². The summed E-state index contributed by atoms with van der Waals surface area (Å²) in [6.07, 6.45) is 0. The Kier molecular flexibility index (Phi) is 12.9. The first-order valence-electron chi connectivity index (χ1n) is 27.2. The molecule has 3 N–H and O–H groups in total. The average molecular weight is 1100 g/mol. The highest BCUT2D eigenvalue weighted by Crippen LogP contribution is 2.42. The highest BCUT2D eigenvalue weighted by molar-refractivity contribution is 9.10. The van der Waals surface area contributed by atoms with E-state index in [-0.39, 0.29) is 0 Å². The van der Waals surface area contributed by atoms with Gasteiger partial charge in [0.2, 0.25) is 0 Å². The van der Waals surface area contributed by atoms with E-state index in [1.165, 1.54) is 82.2 Å². The minimum Gasteiger partial charge on any atom is -0.455 e. The zero-order chi connectivity index (χ0) is 54.2. The van der Waals surface area contributed by atoms with Gasteiger partial charge < -0.3 is 19.9 Å². The van der Waals surface area contributed by atoms with Crippen molar-refractivity contribution in [1.82, 2.24) is 0 Å². The third kappa shape index (κ3) is 9.50. The Labute approximate surface area is 477 Å². The van der Waals surface area contributed by atoms with Crippen molar-refractivity contribution in [2.24, 2.45) is 0 Å². The van der Waals surface area contributed by atoms with Crippen molar-refractivity contribution < 1.29 is 8.83 Å². The minimum absolute atomic E-state index is 0.800. The van der Waals surface area contributed by atoms with Gasteiger partial charge in [0, 0.05) is 53.9 Å². The highest BCUT2D eigenvalue weighted by Gasteiger charge is 2.17. The van der Waals surface area contributed by atoms with E-state index in [2.05, 4.69) is 276 Å². The number of fused-ring (bicyclic) bond motifs is 12. The predicted octanol–water partition coefficient (Wildman–Crippen LogP) is 22.2. The Balaban J connectivity index is 0.000000121. The summed E-state index contributed by atoms with van der Waals surface area (Å²) in [6, 6.07) is 102. The molecule has 0 fully saturated rings. The summed E-state index contributed by atoms with van der Waals surface area (Å²) in [5.74, 6) is 0. The number of anilines is 3. The van der Waals surface area contributed by atoms with E-state index in [1.807, 2.05) is 36.4 Å². The van der Waals surface area contributed by atoms with Crippen LogP contribution in [0.4, 0.5) is 17.1 Å². The number of benzene rings is 14. The van der Waals surface area contributed by atoms with Crippen LogP contribution in [-0.4, -0.2) is 0 Å². The van der Waals surface area contributed by atoms with Crippen molar-refractivity contribution in [1.29, 1.82) is 0 Å². The zero-order valence-electron chi connectivity index (χ0n) is 44.0. The van der Waals surface area contributed by atoms with Crippen LogP contribution in [0.1, 0.15) is 0 Å². The topological polar surface area (TPSA) is 64.3 Å². The molecular formula is C76H51BrN2O2. The molecule has 0 atom stereocenters. The number of rotatable bonds is 6. The van der Waals surface area contributed by atoms with Gasteiger partial charge in [-0.2, -0.15) is 0 Å². The fourth-order valence-corrected chi connectivity index (χ4v) is 11.7. The van der Waals surface area contributed by atoms with Gasteiger partial charge in [-0.15, -0.1) is 0 Å². The third-order valence-corrected chi connectivity index (χ3v) is 15.9. The van der Waals surface area contributed by atoms with Crippen molar-refractivity contribution in [3.63, 3.8) is 0 Å². The molecule has 81 heavy (non-hydrogen) atoms. The van der Waals surface area contributed by atoms with Gasteiger partial charge in [0.15, 0.2) is 0 Å². The second-order valence-electron chi connectivity index (χ2n) is 20.4. The van der Waals surface area contributed by atoms with Crippen molar-refractivity contribution in [3.8, 4) is 44.5 Å². The van der Waals surface area contributed by atoms with Crippen LogP contribution in [0.15, 0.2) is 304 Å². The molecule has 0 aliphatic rings. The third-order valence-electron chi connectivity index (χ3n) is 15.4. The maximum atomic E-state index is 6.29. The van der Waals surface area contributed by atoms with Crippen LogP contribution in [0.2, 0.25) is 0 Å². The molecule has 0 aliphatic heterocycles. The van der Waals surface area contributed by atoms with Gasteiger partial charge in [0.05, 0.1) is 0 Å². The van der Waals surface area contributed by atoms with Gasteiger partial charge >= 0.3 is 0 Å². The molecule has 2 heterocycles. The number of para-hydroxylation sites is 2. The van der Waals surface area contributed by atoms with Crippen LogP contribution in [0.5, 0.6) is 0 Å². The van der Waals surface area contributed by atoms with Crippen molar-refractivity contribution in [3.05, 3.63) is 296 Å². The molecule has 2 aromatic heterocycles. The van der Waals surface area contributed by atoms with Gasteiger partial charge in [-0.1, -0.05) is 234 Å². The summed E-state index contributed by atoms with van der Waals surface area (Å²) in [5, 5.41) is 18.0. The van der Waals surface area contributed by atoms with Crippen LogP contribution in [0.3, 0.4) is 0 Å². The van der Waals surface area contributed by atoms with E-state index in [0.29, 0.717) is 0 Å². The molecule has 384 valence electrons. The van der Waals surface area contributed by atoms with Crippen molar-refractivity contribution >= 4 is 120 Å². The number of halogens is 1. The fourth-order valence-electron chi connectivity index (χ4n) is 11.5. The van der Waals surface area contributed by atoms with Gasteiger partial charge in [-0.3, -0.25) is 0 Å². The average Bonchev–Trinajstić information content (AvgIpc) is 4.22. The lowest BCUT2D eigenvalue weighted by Crippen LogP contribution is -1.91. The summed E-state index contributed by atoms with van der Waals surface area (Å²) >= 11 is 3.52. The van der Waals surface area contributed by atoms with E-state index in [4.69, 9.17) is 14.6 Å². The molecule has 0 unspecified atom stereocenters. The Morgan fingerprint density at radius 3 is 1.05 bits per heavy atom. The minimum atomic E-state index is 0.800. The maximum Gasteiger partial charge on any atom is 0.143 e. The van der Waals surface area contributed by atoms with Gasteiger partial charge in [-0.25, -0.2) is 0 Å². The predicted molar refractivity (Wildman–Crippen MR) is 347 cm³/mol. The van der Waals surface area contributed by atoms with E-state index in [0.717, 1.165) is 70.8 Å². The van der Waals surface area contributed by atoms with Crippen LogP contribution < -0.4 is 11.1 Å². The van der Waals surface area contributed by atoms with E-state index < -0.39 is 0 Å². The molecule has 16 aromatic rings.